The summed E-state index contributed by atoms with van der Waals surface area (Å²) in [4.78, 5) is 18.8. The summed E-state index contributed by atoms with van der Waals surface area (Å²) in [6, 6.07) is 49.5. The van der Waals surface area contributed by atoms with Crippen LogP contribution >= 0.6 is 7.60 Å². The SMILES string of the molecule is CCN(CC)c1ccc(C=O)cc1.CCOP(=O)(Cc1ccc2c(C#N)c3ccccc3c(C#N)c2c1)OCC.[C-]#[N+]c1c2ccccc2c(C#N)c2ccc(C=Cc3ccc(N(CC)CC)cc3)cc12. The minimum Gasteiger partial charge on any atom is -0.372 e. The van der Waals surface area contributed by atoms with E-state index in [0.29, 0.717) is 33.2 Å². The summed E-state index contributed by atoms with van der Waals surface area (Å²) in [6.07, 6.45) is 5.12. The minimum atomic E-state index is -3.26. The molecule has 0 spiro atoms. The maximum Gasteiger partial charge on any atom is 0.335 e. The van der Waals surface area contributed by atoms with E-state index in [1.54, 1.807) is 19.9 Å². The molecule has 0 aromatic heterocycles. The topological polar surface area (TPSA) is 135 Å². The molecule has 356 valence electrons. The van der Waals surface area contributed by atoms with Gasteiger partial charge in [-0.2, -0.15) is 15.8 Å². The summed E-state index contributed by atoms with van der Waals surface area (Å²) in [7, 11) is -3.26. The van der Waals surface area contributed by atoms with Crippen LogP contribution in [0.1, 0.15) is 85.3 Å². The Morgan fingerprint density at radius 3 is 1.39 bits per heavy atom. The van der Waals surface area contributed by atoms with Crippen LogP contribution < -0.4 is 9.80 Å². The molecule has 0 N–H and O–H groups in total. The third kappa shape index (κ3) is 12.0. The average molecular weight is 957 g/mol. The highest BCUT2D eigenvalue weighted by Gasteiger charge is 2.25. The van der Waals surface area contributed by atoms with Crippen molar-refractivity contribution in [1.29, 1.82) is 15.8 Å². The third-order valence-electron chi connectivity index (χ3n) is 12.2. The molecule has 71 heavy (non-hydrogen) atoms. The summed E-state index contributed by atoms with van der Waals surface area (Å²) >= 11 is 0. The highest BCUT2D eigenvalue weighted by Crippen LogP contribution is 2.51. The standard InChI is InChI=1S/C28H23N3.C21H19N2O3P.C11H15NO/c1-4-31(5-2)22-15-12-20(13-16-22)10-11-21-14-17-24-26(18-21)28(30-3)25-9-7-6-8-23(25)27(24)19-29;1-3-25-27(24,26-4-2)14-15-9-10-18-19(11-15)21(13-23)17-8-6-5-7-16(17)20(18)12-22;1-3-12(4-2)11-7-5-10(9-13)6-8-11/h6-18H,4-5H2,1-2H3;5-11H,3-4,14H2,1-2H3;5-9H,3-4H2,1-2H3. The lowest BCUT2D eigenvalue weighted by Crippen LogP contribution is -2.21. The molecule has 0 unspecified atom stereocenters. The van der Waals surface area contributed by atoms with Crippen molar-refractivity contribution >= 4 is 86.2 Å². The van der Waals surface area contributed by atoms with Gasteiger partial charge in [-0.15, -0.1) is 0 Å². The van der Waals surface area contributed by atoms with Gasteiger partial charge in [0.2, 0.25) is 5.69 Å². The average Bonchev–Trinajstić information content (AvgIpc) is 3.40. The van der Waals surface area contributed by atoms with Gasteiger partial charge in [-0.25, -0.2) is 4.85 Å². The predicted molar refractivity (Wildman–Crippen MR) is 292 cm³/mol. The minimum absolute atomic E-state index is 0.115. The normalized spacial score (nSPS) is 10.9. The third-order valence-corrected chi connectivity index (χ3v) is 14.3. The van der Waals surface area contributed by atoms with Gasteiger partial charge in [0.1, 0.15) is 24.5 Å². The molecule has 0 saturated carbocycles. The second-order valence-corrected chi connectivity index (χ2v) is 18.3. The lowest BCUT2D eigenvalue weighted by molar-refractivity contribution is 0.112. The number of hydrogen-bond donors (Lipinski definition) is 0. The Kier molecular flexibility index (Phi) is 18.4. The Hall–Kier alpha value is -8.08. The highest BCUT2D eigenvalue weighted by molar-refractivity contribution is 7.53. The molecule has 8 aromatic rings. The smallest absolute Gasteiger partial charge is 0.335 e. The van der Waals surface area contributed by atoms with Crippen LogP contribution in [0.2, 0.25) is 0 Å². The van der Waals surface area contributed by atoms with Crippen LogP contribution in [-0.4, -0.2) is 45.7 Å². The van der Waals surface area contributed by atoms with Crippen molar-refractivity contribution in [2.24, 2.45) is 0 Å². The zero-order valence-electron chi connectivity index (χ0n) is 41.1. The second kappa shape index (κ2) is 25.0. The van der Waals surface area contributed by atoms with Crippen molar-refractivity contribution in [3.05, 3.63) is 184 Å². The van der Waals surface area contributed by atoms with Gasteiger partial charge in [-0.3, -0.25) is 9.36 Å². The van der Waals surface area contributed by atoms with Crippen molar-refractivity contribution in [2.75, 3.05) is 49.2 Å². The van der Waals surface area contributed by atoms with Gasteiger partial charge in [-0.1, -0.05) is 103 Å². The number of benzene rings is 8. The Morgan fingerprint density at radius 1 is 0.521 bits per heavy atom. The molecule has 0 aliphatic heterocycles. The van der Waals surface area contributed by atoms with Gasteiger partial charge in [0.25, 0.3) is 0 Å². The number of aldehydes is 1. The number of carbonyl (C=O) groups excluding carboxylic acids is 1. The van der Waals surface area contributed by atoms with E-state index >= 15 is 0 Å². The first kappa shape index (κ1) is 52.3. The molecule has 0 fully saturated rings. The molecule has 0 aliphatic carbocycles. The fourth-order valence-electron chi connectivity index (χ4n) is 8.76. The van der Waals surface area contributed by atoms with Crippen LogP contribution in [0.15, 0.2) is 133 Å². The van der Waals surface area contributed by atoms with Crippen molar-refractivity contribution in [3.8, 4) is 18.2 Å². The molecule has 8 aromatic carbocycles. The van der Waals surface area contributed by atoms with Gasteiger partial charge in [-0.05, 0) is 122 Å². The van der Waals surface area contributed by atoms with Crippen molar-refractivity contribution in [2.45, 2.75) is 47.7 Å². The molecule has 0 amide bonds. The molecule has 0 aliphatic rings. The van der Waals surface area contributed by atoms with Crippen LogP contribution in [0.25, 0.3) is 60.1 Å². The zero-order valence-corrected chi connectivity index (χ0v) is 42.0. The summed E-state index contributed by atoms with van der Waals surface area (Å²) in [5.74, 6) is 0. The van der Waals surface area contributed by atoms with Crippen molar-refractivity contribution in [3.63, 3.8) is 0 Å². The number of rotatable bonds is 15. The molecule has 10 nitrogen and oxygen atoms in total. The van der Waals surface area contributed by atoms with Crippen molar-refractivity contribution < 1.29 is 18.4 Å². The Bertz CT molecular complexity index is 3410. The Labute approximate surface area is 417 Å². The fraction of sp³-hybridized carbons (Fsp3) is 0.217. The van der Waals surface area contributed by atoms with E-state index in [-0.39, 0.29) is 19.4 Å². The number of fused-ring (bicyclic) bond motifs is 4. The largest absolute Gasteiger partial charge is 0.372 e. The molecule has 11 heteroatoms. The predicted octanol–water partition coefficient (Wildman–Crippen LogP) is 15.3. The number of anilines is 2. The van der Waals surface area contributed by atoms with Crippen LogP contribution in [0.3, 0.4) is 0 Å². The summed E-state index contributed by atoms with van der Waals surface area (Å²) in [6.45, 7) is 24.4. The van der Waals surface area contributed by atoms with Gasteiger partial charge >= 0.3 is 7.60 Å². The van der Waals surface area contributed by atoms with Crippen LogP contribution in [-0.2, 0) is 19.8 Å². The van der Waals surface area contributed by atoms with E-state index < -0.39 is 7.60 Å². The number of nitrogens with zero attached hydrogens (tertiary/aromatic N) is 6. The van der Waals surface area contributed by atoms with Crippen LogP contribution in [0, 0.1) is 40.6 Å². The van der Waals surface area contributed by atoms with E-state index in [9.17, 15) is 25.1 Å². The first-order valence-corrected chi connectivity index (χ1v) is 25.6. The molecule has 0 heterocycles. The zero-order chi connectivity index (χ0) is 50.9. The van der Waals surface area contributed by atoms with E-state index in [2.05, 4.69) is 97.0 Å². The molecule has 0 atom stereocenters. The quantitative estimate of drug-likeness (QED) is 0.0323. The maximum atomic E-state index is 12.8. The first-order valence-electron chi connectivity index (χ1n) is 23.8. The van der Waals surface area contributed by atoms with E-state index in [4.69, 9.17) is 15.6 Å². The molecule has 0 saturated heterocycles. The Morgan fingerprint density at radius 2 is 0.930 bits per heavy atom. The summed E-state index contributed by atoms with van der Waals surface area (Å²) in [5, 5.41) is 35.4. The lowest BCUT2D eigenvalue weighted by atomic mass is 9.92. The van der Waals surface area contributed by atoms with Crippen LogP contribution in [0.5, 0.6) is 0 Å². The van der Waals surface area contributed by atoms with E-state index in [1.807, 2.05) is 103 Å². The van der Waals surface area contributed by atoms with Crippen LogP contribution in [0.4, 0.5) is 17.1 Å². The van der Waals surface area contributed by atoms with Gasteiger partial charge in [0, 0.05) is 64.7 Å². The molecule has 0 bridgehead atoms. The van der Waals surface area contributed by atoms with E-state index in [0.717, 1.165) is 87.0 Å². The summed E-state index contributed by atoms with van der Waals surface area (Å²) in [5.41, 5.74) is 8.26. The van der Waals surface area contributed by atoms with Gasteiger partial charge in [0.15, 0.2) is 0 Å². The number of carbonyl (C=O) groups is 1. The first-order chi connectivity index (χ1) is 34.6. The Balaban J connectivity index is 0.000000188. The number of nitriles is 3. The monoisotopic (exact) mass is 956 g/mol. The molecular weight excluding hydrogens is 900 g/mol. The number of hydrogen-bond acceptors (Lipinski definition) is 9. The van der Waals surface area contributed by atoms with Gasteiger partial charge < -0.3 is 18.8 Å². The highest BCUT2D eigenvalue weighted by atomic mass is 31.2. The second-order valence-electron chi connectivity index (χ2n) is 16.3. The molecule has 0 radical (unpaired) electrons. The lowest BCUT2D eigenvalue weighted by Gasteiger charge is -2.20. The van der Waals surface area contributed by atoms with Gasteiger partial charge in [0.05, 0.1) is 42.6 Å². The van der Waals surface area contributed by atoms with Crippen molar-refractivity contribution in [1.82, 2.24) is 0 Å². The summed E-state index contributed by atoms with van der Waals surface area (Å²) < 4.78 is 23.6. The molecule has 8 rings (SSSR count). The molecular formula is C60H57N6O4P. The van der Waals surface area contributed by atoms with E-state index in [1.165, 1.54) is 11.4 Å². The fourth-order valence-corrected chi connectivity index (χ4v) is 10.4. The maximum absolute atomic E-state index is 12.8.